The van der Waals surface area contributed by atoms with Gasteiger partial charge in [0.1, 0.15) is 6.54 Å². The van der Waals surface area contributed by atoms with Crippen molar-refractivity contribution in [3.63, 3.8) is 0 Å². The van der Waals surface area contributed by atoms with Gasteiger partial charge in [0.15, 0.2) is 0 Å². The van der Waals surface area contributed by atoms with E-state index in [1.165, 1.54) is 21.3 Å². The molecule has 20 heavy (non-hydrogen) atoms. The van der Waals surface area contributed by atoms with Gasteiger partial charge in [0.25, 0.3) is 10.2 Å². The predicted molar refractivity (Wildman–Crippen MR) is 72.0 cm³/mol. The van der Waals surface area contributed by atoms with Crippen molar-refractivity contribution >= 4 is 22.1 Å². The van der Waals surface area contributed by atoms with Crippen LogP contribution in [0.5, 0.6) is 0 Å². The van der Waals surface area contributed by atoms with E-state index < -0.39 is 28.2 Å². The molecule has 0 spiro atoms. The Morgan fingerprint density at radius 1 is 1.10 bits per heavy atom. The highest BCUT2D eigenvalue weighted by Gasteiger charge is 2.31. The quantitative estimate of drug-likeness (QED) is 0.567. The third kappa shape index (κ3) is 5.43. The lowest BCUT2D eigenvalue weighted by atomic mass is 10.4. The largest absolute Gasteiger partial charge is 0.469 e. The summed E-state index contributed by atoms with van der Waals surface area (Å²) >= 11 is 0. The van der Waals surface area contributed by atoms with Crippen LogP contribution in [0, 0.1) is 0 Å². The average Bonchev–Trinajstić information content (AvgIpc) is 2.40. The lowest BCUT2D eigenvalue weighted by Gasteiger charge is -2.29. The van der Waals surface area contributed by atoms with E-state index in [9.17, 15) is 18.0 Å². The summed E-state index contributed by atoms with van der Waals surface area (Å²) in [5.41, 5.74) is 0. The predicted octanol–water partition coefficient (Wildman–Crippen LogP) is -0.390. The summed E-state index contributed by atoms with van der Waals surface area (Å²) in [6, 6.07) is -0.417. The molecule has 118 valence electrons. The second-order valence-corrected chi connectivity index (χ2v) is 6.36. The van der Waals surface area contributed by atoms with E-state index in [2.05, 4.69) is 9.47 Å². The van der Waals surface area contributed by atoms with Crippen LogP contribution in [-0.4, -0.2) is 69.4 Å². The molecule has 0 bridgehead atoms. The topological polar surface area (TPSA) is 93.2 Å². The lowest BCUT2D eigenvalue weighted by molar-refractivity contribution is -0.142. The van der Waals surface area contributed by atoms with E-state index in [4.69, 9.17) is 0 Å². The Bertz CT molecular complexity index is 434. The molecule has 0 saturated heterocycles. The van der Waals surface area contributed by atoms with Gasteiger partial charge in [-0.25, -0.2) is 0 Å². The number of methoxy groups -OCH3 is 2. The second kappa shape index (κ2) is 8.18. The molecule has 8 nitrogen and oxygen atoms in total. The highest BCUT2D eigenvalue weighted by atomic mass is 32.2. The molecule has 0 N–H and O–H groups in total. The first kappa shape index (κ1) is 18.8. The summed E-state index contributed by atoms with van der Waals surface area (Å²) in [6.07, 6.45) is -0.0591. The summed E-state index contributed by atoms with van der Waals surface area (Å²) in [5.74, 6) is -1.15. The summed E-state index contributed by atoms with van der Waals surface area (Å²) in [4.78, 5) is 22.3. The Labute approximate surface area is 119 Å². The van der Waals surface area contributed by atoms with Gasteiger partial charge < -0.3 is 9.47 Å². The molecular weight excluding hydrogens is 288 g/mol. The van der Waals surface area contributed by atoms with E-state index >= 15 is 0 Å². The molecule has 0 unspecified atom stereocenters. The van der Waals surface area contributed by atoms with Gasteiger partial charge in [-0.05, 0) is 13.8 Å². The smallest absolute Gasteiger partial charge is 0.321 e. The minimum Gasteiger partial charge on any atom is -0.469 e. The van der Waals surface area contributed by atoms with Crippen molar-refractivity contribution in [3.05, 3.63) is 0 Å². The lowest BCUT2D eigenvalue weighted by Crippen LogP contribution is -2.48. The van der Waals surface area contributed by atoms with Crippen LogP contribution in [0.1, 0.15) is 20.3 Å². The van der Waals surface area contributed by atoms with Crippen molar-refractivity contribution in [2.75, 3.05) is 34.4 Å². The van der Waals surface area contributed by atoms with Crippen molar-refractivity contribution in [2.45, 2.75) is 26.3 Å². The van der Waals surface area contributed by atoms with Gasteiger partial charge in [-0.2, -0.15) is 17.0 Å². The Kier molecular flexibility index (Phi) is 7.69. The molecule has 0 saturated carbocycles. The molecule has 9 heteroatoms. The second-order valence-electron chi connectivity index (χ2n) is 4.37. The molecule has 0 amide bonds. The normalized spacial score (nSPS) is 12.0. The van der Waals surface area contributed by atoms with Crippen molar-refractivity contribution < 1.29 is 27.5 Å². The molecule has 0 aromatic rings. The van der Waals surface area contributed by atoms with Crippen LogP contribution < -0.4 is 0 Å². The number of carbonyl (C=O) groups is 2. The van der Waals surface area contributed by atoms with E-state index in [1.807, 2.05) is 0 Å². The van der Waals surface area contributed by atoms with E-state index in [0.29, 0.717) is 0 Å². The number of esters is 2. The highest BCUT2D eigenvalue weighted by molar-refractivity contribution is 7.86. The van der Waals surface area contributed by atoms with Crippen molar-refractivity contribution in [1.29, 1.82) is 0 Å². The third-order valence-electron chi connectivity index (χ3n) is 2.64. The molecule has 0 heterocycles. The summed E-state index contributed by atoms with van der Waals surface area (Å²) in [7, 11) is -0.0935. The highest BCUT2D eigenvalue weighted by Crippen LogP contribution is 2.11. The summed E-state index contributed by atoms with van der Waals surface area (Å²) < 4.78 is 35.6. The van der Waals surface area contributed by atoms with Crippen LogP contribution >= 0.6 is 0 Å². The SMILES string of the molecule is COC(=O)CCN(C)S(=O)(=O)N(CC(=O)OC)C(C)C. The number of rotatable bonds is 8. The molecule has 0 aromatic carbocycles. The molecule has 0 aliphatic rings. The van der Waals surface area contributed by atoms with Crippen LogP contribution in [0.3, 0.4) is 0 Å². The van der Waals surface area contributed by atoms with Gasteiger partial charge in [-0.15, -0.1) is 0 Å². The van der Waals surface area contributed by atoms with Gasteiger partial charge >= 0.3 is 11.9 Å². The zero-order valence-electron chi connectivity index (χ0n) is 12.5. The first-order valence-corrected chi connectivity index (χ1v) is 7.43. The maximum atomic E-state index is 12.3. The molecule has 0 rings (SSSR count). The standard InChI is InChI=1S/C11H22N2O6S/c1-9(2)13(8-11(15)19-5)20(16,17)12(3)7-6-10(14)18-4/h9H,6-8H2,1-5H3. The fraction of sp³-hybridized carbons (Fsp3) is 0.818. The van der Waals surface area contributed by atoms with Crippen LogP contribution in [-0.2, 0) is 29.3 Å². The van der Waals surface area contributed by atoms with E-state index in [1.54, 1.807) is 13.8 Å². The van der Waals surface area contributed by atoms with Crippen LogP contribution in [0.15, 0.2) is 0 Å². The Morgan fingerprint density at radius 2 is 1.60 bits per heavy atom. The van der Waals surface area contributed by atoms with Crippen molar-refractivity contribution in [3.8, 4) is 0 Å². The van der Waals surface area contributed by atoms with E-state index in [-0.39, 0.29) is 19.5 Å². The van der Waals surface area contributed by atoms with Gasteiger partial charge in [-0.3, -0.25) is 9.59 Å². The van der Waals surface area contributed by atoms with Gasteiger partial charge in [0, 0.05) is 19.6 Å². The molecule has 0 atom stereocenters. The van der Waals surface area contributed by atoms with Gasteiger partial charge in [0.05, 0.1) is 20.6 Å². The number of hydrogen-bond acceptors (Lipinski definition) is 6. The zero-order valence-corrected chi connectivity index (χ0v) is 13.3. The number of hydrogen-bond donors (Lipinski definition) is 0. The summed E-state index contributed by atoms with van der Waals surface area (Å²) in [6.45, 7) is 2.89. The van der Waals surface area contributed by atoms with Crippen molar-refractivity contribution in [1.82, 2.24) is 8.61 Å². The molecule has 0 radical (unpaired) electrons. The van der Waals surface area contributed by atoms with Gasteiger partial charge in [-0.1, -0.05) is 0 Å². The Morgan fingerprint density at radius 3 is 2.00 bits per heavy atom. The molecule has 0 aliphatic carbocycles. The first-order chi connectivity index (χ1) is 9.16. The van der Waals surface area contributed by atoms with Crippen LogP contribution in [0.25, 0.3) is 0 Å². The number of carbonyl (C=O) groups excluding carboxylic acids is 2. The average molecular weight is 310 g/mol. The first-order valence-electron chi connectivity index (χ1n) is 6.03. The minimum absolute atomic E-state index is 0.0284. The third-order valence-corrected chi connectivity index (χ3v) is 4.75. The van der Waals surface area contributed by atoms with Crippen molar-refractivity contribution in [2.24, 2.45) is 0 Å². The van der Waals surface area contributed by atoms with Crippen LogP contribution in [0.2, 0.25) is 0 Å². The Balaban J connectivity index is 4.93. The number of ether oxygens (including phenoxy) is 2. The maximum Gasteiger partial charge on any atom is 0.321 e. The molecule has 0 fully saturated rings. The molecular formula is C11H22N2O6S. The fourth-order valence-corrected chi connectivity index (χ4v) is 2.85. The maximum absolute atomic E-state index is 12.3. The zero-order chi connectivity index (χ0) is 15.9. The monoisotopic (exact) mass is 310 g/mol. The van der Waals surface area contributed by atoms with E-state index in [0.717, 1.165) is 8.61 Å². The summed E-state index contributed by atoms with van der Waals surface area (Å²) in [5, 5.41) is 0. The minimum atomic E-state index is -3.85. The number of nitrogens with zero attached hydrogens (tertiary/aromatic N) is 2. The fourth-order valence-electron chi connectivity index (χ4n) is 1.37. The van der Waals surface area contributed by atoms with Crippen LogP contribution in [0.4, 0.5) is 0 Å². The Hall–Kier alpha value is -1.19. The molecule has 0 aromatic heterocycles. The molecule has 0 aliphatic heterocycles. The van der Waals surface area contributed by atoms with Gasteiger partial charge in [0.2, 0.25) is 0 Å².